The maximum Gasteiger partial charge on any atom is 0.191 e. The highest BCUT2D eigenvalue weighted by Crippen LogP contribution is 2.10. The lowest BCUT2D eigenvalue weighted by Gasteiger charge is -2.11. The Morgan fingerprint density at radius 2 is 1.64 bits per heavy atom. The average Bonchev–Trinajstić information content (AvgIpc) is 2.66. The van der Waals surface area contributed by atoms with Crippen LogP contribution in [0.3, 0.4) is 0 Å². The van der Waals surface area contributed by atoms with E-state index in [1.54, 1.807) is 24.3 Å². The van der Waals surface area contributed by atoms with Crippen LogP contribution in [0.25, 0.3) is 0 Å². The van der Waals surface area contributed by atoms with E-state index in [4.69, 9.17) is 5.26 Å². The van der Waals surface area contributed by atoms with Crippen molar-refractivity contribution in [2.24, 2.45) is 4.99 Å². The average molecular weight is 512 g/mol. The van der Waals surface area contributed by atoms with Crippen molar-refractivity contribution < 1.29 is 8.42 Å². The third kappa shape index (κ3) is 7.86. The third-order valence-corrected chi connectivity index (χ3v) is 5.03. The molecule has 0 amide bonds. The minimum Gasteiger partial charge on any atom is -0.357 e. The molecule has 6 nitrogen and oxygen atoms in total. The molecule has 0 unspecified atom stereocenters. The zero-order valence-corrected chi connectivity index (χ0v) is 19.1. The third-order valence-electron chi connectivity index (χ3n) is 3.90. The normalized spacial score (nSPS) is 11.2. The summed E-state index contributed by atoms with van der Waals surface area (Å²) in [6.45, 7) is 3.95. The molecule has 0 fully saturated rings. The van der Waals surface area contributed by atoms with Gasteiger partial charge in [0.15, 0.2) is 15.8 Å². The van der Waals surface area contributed by atoms with E-state index in [1.807, 2.05) is 31.2 Å². The van der Waals surface area contributed by atoms with Crippen molar-refractivity contribution in [3.63, 3.8) is 0 Å². The van der Waals surface area contributed by atoms with Gasteiger partial charge in [-0.1, -0.05) is 24.3 Å². The van der Waals surface area contributed by atoms with Crippen LogP contribution in [-0.2, 0) is 22.8 Å². The van der Waals surface area contributed by atoms with Gasteiger partial charge in [0.05, 0.1) is 23.1 Å². The molecule has 0 spiro atoms. The van der Waals surface area contributed by atoms with Crippen molar-refractivity contribution in [1.82, 2.24) is 10.6 Å². The van der Waals surface area contributed by atoms with E-state index in [-0.39, 0.29) is 24.0 Å². The summed E-state index contributed by atoms with van der Waals surface area (Å²) in [5.74, 6) is 0.717. The highest BCUT2D eigenvalue weighted by Gasteiger charge is 2.06. The Morgan fingerprint density at radius 1 is 1.04 bits per heavy atom. The SMILES string of the molecule is CCNC(=NCc1ccc(C#N)cc1)NCCc1ccc(S(C)(=O)=O)cc1.I. The lowest BCUT2D eigenvalue weighted by atomic mass is 10.1. The molecule has 0 aliphatic heterocycles. The molecular formula is C20H25IN4O2S. The van der Waals surface area contributed by atoms with Gasteiger partial charge in [-0.3, -0.25) is 0 Å². The number of aliphatic imine (C=N–C) groups is 1. The topological polar surface area (TPSA) is 94.3 Å². The minimum atomic E-state index is -3.16. The molecule has 0 aliphatic carbocycles. The first-order valence-corrected chi connectivity index (χ1v) is 10.6. The van der Waals surface area contributed by atoms with Crippen molar-refractivity contribution in [2.75, 3.05) is 19.3 Å². The number of sulfone groups is 1. The Morgan fingerprint density at radius 3 is 2.18 bits per heavy atom. The number of halogens is 1. The smallest absolute Gasteiger partial charge is 0.191 e. The summed E-state index contributed by atoms with van der Waals surface area (Å²) in [5, 5.41) is 15.3. The molecule has 2 N–H and O–H groups in total. The zero-order valence-electron chi connectivity index (χ0n) is 16.0. The molecule has 0 bridgehead atoms. The van der Waals surface area contributed by atoms with Crippen LogP contribution in [0.4, 0.5) is 0 Å². The first-order valence-electron chi connectivity index (χ1n) is 8.72. The van der Waals surface area contributed by atoms with Gasteiger partial charge < -0.3 is 10.6 Å². The summed E-state index contributed by atoms with van der Waals surface area (Å²) < 4.78 is 23.0. The molecular weight excluding hydrogens is 487 g/mol. The molecule has 2 rings (SSSR count). The van der Waals surface area contributed by atoms with E-state index >= 15 is 0 Å². The molecule has 0 atom stereocenters. The summed E-state index contributed by atoms with van der Waals surface area (Å²) >= 11 is 0. The van der Waals surface area contributed by atoms with Crippen LogP contribution in [0.15, 0.2) is 58.4 Å². The predicted molar refractivity (Wildman–Crippen MR) is 123 cm³/mol. The summed E-state index contributed by atoms with van der Waals surface area (Å²) in [7, 11) is -3.16. The van der Waals surface area contributed by atoms with Gasteiger partial charge in [-0.05, 0) is 48.7 Å². The quantitative estimate of drug-likeness (QED) is 0.338. The Bertz CT molecular complexity index is 918. The largest absolute Gasteiger partial charge is 0.357 e. The number of rotatable bonds is 7. The number of nitrogens with one attached hydrogen (secondary N) is 2. The van der Waals surface area contributed by atoms with Gasteiger partial charge in [0.1, 0.15) is 0 Å². The Balaban J connectivity index is 0.00000392. The predicted octanol–water partition coefficient (Wildman–Crippen LogP) is 2.88. The summed E-state index contributed by atoms with van der Waals surface area (Å²) in [6.07, 6.45) is 1.96. The first-order chi connectivity index (χ1) is 12.9. The second-order valence-corrected chi connectivity index (χ2v) is 8.11. The maximum atomic E-state index is 11.5. The number of hydrogen-bond donors (Lipinski definition) is 2. The van der Waals surface area contributed by atoms with Gasteiger partial charge >= 0.3 is 0 Å². The number of benzene rings is 2. The van der Waals surface area contributed by atoms with E-state index in [0.29, 0.717) is 23.5 Å². The number of nitriles is 1. The first kappa shape index (κ1) is 23.9. The maximum absolute atomic E-state index is 11.5. The Hall–Kier alpha value is -2.12. The van der Waals surface area contributed by atoms with E-state index in [2.05, 4.69) is 21.7 Å². The zero-order chi connectivity index (χ0) is 19.7. The molecule has 0 aliphatic rings. The monoisotopic (exact) mass is 512 g/mol. The summed E-state index contributed by atoms with van der Waals surface area (Å²) in [5.41, 5.74) is 2.72. The van der Waals surface area contributed by atoms with Crippen LogP contribution >= 0.6 is 24.0 Å². The molecule has 0 saturated carbocycles. The fourth-order valence-corrected chi connectivity index (χ4v) is 3.06. The fraction of sp³-hybridized carbons (Fsp3) is 0.300. The van der Waals surface area contributed by atoms with Crippen molar-refractivity contribution >= 4 is 39.8 Å². The van der Waals surface area contributed by atoms with Crippen LogP contribution < -0.4 is 10.6 Å². The van der Waals surface area contributed by atoms with Gasteiger partial charge in [-0.2, -0.15) is 5.26 Å². The summed E-state index contributed by atoms with van der Waals surface area (Å²) in [4.78, 5) is 4.88. The number of nitrogens with zero attached hydrogens (tertiary/aromatic N) is 2. The van der Waals surface area contributed by atoms with Gasteiger partial charge in [0.25, 0.3) is 0 Å². The van der Waals surface area contributed by atoms with E-state index < -0.39 is 9.84 Å². The van der Waals surface area contributed by atoms with Crippen molar-refractivity contribution in [3.8, 4) is 6.07 Å². The van der Waals surface area contributed by atoms with Crippen LogP contribution in [-0.4, -0.2) is 33.7 Å². The van der Waals surface area contributed by atoms with Gasteiger partial charge in [-0.15, -0.1) is 24.0 Å². The molecule has 2 aromatic carbocycles. The molecule has 2 aromatic rings. The van der Waals surface area contributed by atoms with E-state index in [1.165, 1.54) is 6.26 Å². The van der Waals surface area contributed by atoms with Gasteiger partial charge in [0, 0.05) is 19.3 Å². The van der Waals surface area contributed by atoms with Gasteiger partial charge in [0.2, 0.25) is 0 Å². The van der Waals surface area contributed by atoms with Crippen LogP contribution in [0, 0.1) is 11.3 Å². The molecule has 28 heavy (non-hydrogen) atoms. The standard InChI is InChI=1S/C20H24N4O2S.HI/c1-3-22-20(24-15-18-6-4-17(14-21)5-7-18)23-13-12-16-8-10-19(11-9-16)27(2,25)26;/h4-11H,3,12-13,15H2,1-2H3,(H2,22,23,24);1H. The lowest BCUT2D eigenvalue weighted by Crippen LogP contribution is -2.38. The highest BCUT2D eigenvalue weighted by molar-refractivity contribution is 14.0. The van der Waals surface area contributed by atoms with E-state index in [0.717, 1.165) is 30.1 Å². The Labute approximate surface area is 184 Å². The number of hydrogen-bond acceptors (Lipinski definition) is 4. The Kier molecular flexibility index (Phi) is 9.96. The highest BCUT2D eigenvalue weighted by atomic mass is 127. The lowest BCUT2D eigenvalue weighted by molar-refractivity contribution is 0.602. The fourth-order valence-electron chi connectivity index (χ4n) is 2.43. The van der Waals surface area contributed by atoms with Crippen molar-refractivity contribution in [3.05, 3.63) is 65.2 Å². The van der Waals surface area contributed by atoms with Crippen LogP contribution in [0.5, 0.6) is 0 Å². The second kappa shape index (κ2) is 11.7. The van der Waals surface area contributed by atoms with Crippen LogP contribution in [0.1, 0.15) is 23.6 Å². The molecule has 0 saturated heterocycles. The molecule has 150 valence electrons. The number of guanidine groups is 1. The van der Waals surface area contributed by atoms with Crippen molar-refractivity contribution in [2.45, 2.75) is 24.8 Å². The molecule has 8 heteroatoms. The van der Waals surface area contributed by atoms with E-state index in [9.17, 15) is 8.42 Å². The molecule has 0 heterocycles. The molecule has 0 aromatic heterocycles. The van der Waals surface area contributed by atoms with Gasteiger partial charge in [-0.25, -0.2) is 13.4 Å². The van der Waals surface area contributed by atoms with Crippen molar-refractivity contribution in [1.29, 1.82) is 5.26 Å². The minimum absolute atomic E-state index is 0. The summed E-state index contributed by atoms with van der Waals surface area (Å²) in [6, 6.07) is 16.4. The van der Waals surface area contributed by atoms with Crippen LogP contribution in [0.2, 0.25) is 0 Å². The molecule has 0 radical (unpaired) electrons. The second-order valence-electron chi connectivity index (χ2n) is 6.10.